The summed E-state index contributed by atoms with van der Waals surface area (Å²) < 4.78 is 17.4. The molecule has 0 aromatic carbocycles. The Hall–Kier alpha value is -1.33. The number of hydrogen-bond acceptors (Lipinski definition) is 4. The average Bonchev–Trinajstić information content (AvgIpc) is 3.25. The van der Waals surface area contributed by atoms with E-state index in [2.05, 4.69) is 0 Å². The predicted molar refractivity (Wildman–Crippen MR) is 84.2 cm³/mol. The molecule has 3 aliphatic rings. The summed E-state index contributed by atoms with van der Waals surface area (Å²) in [6.45, 7) is 3.16. The SMILES string of the molecule is O=C(c1ccco1)N1CCC2(CC1)CC(OCC1CC1)CCO2. The number of ether oxygens (including phenoxy) is 2. The number of piperidine rings is 1. The number of carbonyl (C=O) groups excluding carboxylic acids is 1. The number of carbonyl (C=O) groups is 1. The number of amides is 1. The predicted octanol–water partition coefficient (Wildman–Crippen LogP) is 2.86. The van der Waals surface area contributed by atoms with Crippen LogP contribution in [0.15, 0.2) is 22.8 Å². The van der Waals surface area contributed by atoms with Crippen molar-refractivity contribution in [2.45, 2.75) is 50.2 Å². The fraction of sp³-hybridized carbons (Fsp3) is 0.722. The minimum atomic E-state index is -0.0909. The highest BCUT2D eigenvalue weighted by Gasteiger charge is 2.42. The Morgan fingerprint density at radius 1 is 1.30 bits per heavy atom. The molecule has 1 aliphatic carbocycles. The van der Waals surface area contributed by atoms with E-state index >= 15 is 0 Å². The molecule has 0 radical (unpaired) electrons. The van der Waals surface area contributed by atoms with Crippen LogP contribution in [0.3, 0.4) is 0 Å². The van der Waals surface area contributed by atoms with Crippen molar-refractivity contribution in [1.82, 2.24) is 4.90 Å². The molecular weight excluding hydrogens is 294 g/mol. The van der Waals surface area contributed by atoms with Crippen molar-refractivity contribution >= 4 is 5.91 Å². The van der Waals surface area contributed by atoms with Crippen molar-refractivity contribution < 1.29 is 18.7 Å². The third-order valence-corrected chi connectivity index (χ3v) is 5.41. The van der Waals surface area contributed by atoms with Gasteiger partial charge in [-0.15, -0.1) is 0 Å². The fourth-order valence-electron chi connectivity index (χ4n) is 3.70. The van der Waals surface area contributed by atoms with E-state index in [0.29, 0.717) is 11.9 Å². The van der Waals surface area contributed by atoms with Crippen LogP contribution in [-0.2, 0) is 9.47 Å². The van der Waals surface area contributed by atoms with E-state index in [0.717, 1.165) is 57.9 Å². The van der Waals surface area contributed by atoms with Gasteiger partial charge in [-0.25, -0.2) is 0 Å². The van der Waals surface area contributed by atoms with Gasteiger partial charge in [0.2, 0.25) is 0 Å². The number of furan rings is 1. The summed E-state index contributed by atoms with van der Waals surface area (Å²) in [5.41, 5.74) is -0.0909. The second-order valence-corrected chi connectivity index (χ2v) is 7.19. The molecule has 3 heterocycles. The van der Waals surface area contributed by atoms with E-state index in [1.807, 2.05) is 4.90 Å². The van der Waals surface area contributed by atoms with E-state index in [1.54, 1.807) is 18.4 Å². The zero-order valence-corrected chi connectivity index (χ0v) is 13.5. The molecule has 0 N–H and O–H groups in total. The lowest BCUT2D eigenvalue weighted by molar-refractivity contribution is -0.153. The molecule has 5 heteroatoms. The smallest absolute Gasteiger partial charge is 0.289 e. The molecular formula is C18H25NO4. The third-order valence-electron chi connectivity index (χ3n) is 5.41. The lowest BCUT2D eigenvalue weighted by atomic mass is 9.83. The van der Waals surface area contributed by atoms with Gasteiger partial charge in [-0.05, 0) is 50.2 Å². The summed E-state index contributed by atoms with van der Waals surface area (Å²) in [5.74, 6) is 1.22. The Balaban J connectivity index is 1.31. The largest absolute Gasteiger partial charge is 0.459 e. The second kappa shape index (κ2) is 6.29. The maximum absolute atomic E-state index is 12.3. The van der Waals surface area contributed by atoms with Crippen molar-refractivity contribution in [3.8, 4) is 0 Å². The first-order chi connectivity index (χ1) is 11.2. The first kappa shape index (κ1) is 15.2. The molecule has 1 spiro atoms. The van der Waals surface area contributed by atoms with Gasteiger partial charge in [-0.1, -0.05) is 0 Å². The average molecular weight is 319 g/mol. The summed E-state index contributed by atoms with van der Waals surface area (Å²) in [6, 6.07) is 3.48. The highest BCUT2D eigenvalue weighted by Crippen LogP contribution is 2.37. The van der Waals surface area contributed by atoms with Crippen molar-refractivity contribution in [2.24, 2.45) is 5.92 Å². The standard InChI is InChI=1S/C18H25NO4/c20-17(16-2-1-10-21-16)19-8-6-18(7-9-19)12-15(5-11-23-18)22-13-14-3-4-14/h1-2,10,14-15H,3-9,11-13H2. The Labute approximate surface area is 136 Å². The minimum Gasteiger partial charge on any atom is -0.459 e. The first-order valence-corrected chi connectivity index (χ1v) is 8.82. The highest BCUT2D eigenvalue weighted by molar-refractivity contribution is 5.91. The maximum atomic E-state index is 12.3. The lowest BCUT2D eigenvalue weighted by Crippen LogP contribution is -2.52. The van der Waals surface area contributed by atoms with Crippen LogP contribution in [0.2, 0.25) is 0 Å². The van der Waals surface area contributed by atoms with Crippen LogP contribution in [0.4, 0.5) is 0 Å². The highest BCUT2D eigenvalue weighted by atomic mass is 16.5. The van der Waals surface area contributed by atoms with Crippen LogP contribution in [0, 0.1) is 5.92 Å². The second-order valence-electron chi connectivity index (χ2n) is 7.19. The molecule has 1 saturated carbocycles. The van der Waals surface area contributed by atoms with Gasteiger partial charge >= 0.3 is 0 Å². The van der Waals surface area contributed by atoms with Crippen LogP contribution >= 0.6 is 0 Å². The molecule has 1 unspecified atom stereocenters. The van der Waals surface area contributed by atoms with E-state index in [9.17, 15) is 4.79 Å². The summed E-state index contributed by atoms with van der Waals surface area (Å²) in [6.07, 6.45) is 8.30. The van der Waals surface area contributed by atoms with Gasteiger partial charge < -0.3 is 18.8 Å². The van der Waals surface area contributed by atoms with Crippen molar-refractivity contribution in [3.63, 3.8) is 0 Å². The Morgan fingerprint density at radius 3 is 2.83 bits per heavy atom. The molecule has 4 rings (SSSR count). The van der Waals surface area contributed by atoms with Crippen molar-refractivity contribution in [3.05, 3.63) is 24.2 Å². The van der Waals surface area contributed by atoms with Gasteiger partial charge in [0.15, 0.2) is 5.76 Å². The zero-order chi connectivity index (χ0) is 15.7. The molecule has 1 atom stereocenters. The van der Waals surface area contributed by atoms with Crippen molar-refractivity contribution in [2.75, 3.05) is 26.3 Å². The first-order valence-electron chi connectivity index (χ1n) is 8.82. The van der Waals surface area contributed by atoms with Gasteiger partial charge in [0.1, 0.15) is 0 Å². The summed E-state index contributed by atoms with van der Waals surface area (Å²) in [7, 11) is 0. The van der Waals surface area contributed by atoms with E-state index in [4.69, 9.17) is 13.9 Å². The molecule has 23 heavy (non-hydrogen) atoms. The van der Waals surface area contributed by atoms with E-state index in [1.165, 1.54) is 12.8 Å². The fourth-order valence-corrected chi connectivity index (χ4v) is 3.70. The van der Waals surface area contributed by atoms with Gasteiger partial charge in [0, 0.05) is 32.7 Å². The van der Waals surface area contributed by atoms with Gasteiger partial charge in [-0.3, -0.25) is 4.79 Å². The molecule has 2 saturated heterocycles. The molecule has 1 aromatic heterocycles. The molecule has 1 amide bonds. The quantitative estimate of drug-likeness (QED) is 0.856. The number of rotatable bonds is 4. The summed E-state index contributed by atoms with van der Waals surface area (Å²) in [5, 5.41) is 0. The number of hydrogen-bond donors (Lipinski definition) is 0. The Bertz CT molecular complexity index is 529. The topological polar surface area (TPSA) is 51.9 Å². The van der Waals surface area contributed by atoms with Crippen LogP contribution in [0.1, 0.15) is 49.1 Å². The monoisotopic (exact) mass is 319 g/mol. The molecule has 1 aromatic rings. The van der Waals surface area contributed by atoms with Crippen LogP contribution in [0.25, 0.3) is 0 Å². The minimum absolute atomic E-state index is 0.0119. The van der Waals surface area contributed by atoms with Crippen LogP contribution in [-0.4, -0.2) is 48.8 Å². The molecule has 126 valence electrons. The van der Waals surface area contributed by atoms with Crippen LogP contribution in [0.5, 0.6) is 0 Å². The maximum Gasteiger partial charge on any atom is 0.289 e. The Kier molecular flexibility index (Phi) is 4.16. The zero-order valence-electron chi connectivity index (χ0n) is 13.5. The summed E-state index contributed by atoms with van der Waals surface area (Å²) >= 11 is 0. The van der Waals surface area contributed by atoms with Gasteiger partial charge in [-0.2, -0.15) is 0 Å². The summed E-state index contributed by atoms with van der Waals surface area (Å²) in [4.78, 5) is 14.2. The van der Waals surface area contributed by atoms with Gasteiger partial charge in [0.25, 0.3) is 5.91 Å². The molecule has 5 nitrogen and oxygen atoms in total. The molecule has 2 aliphatic heterocycles. The number of nitrogens with zero attached hydrogens (tertiary/aromatic N) is 1. The van der Waals surface area contributed by atoms with E-state index in [-0.39, 0.29) is 11.5 Å². The lowest BCUT2D eigenvalue weighted by Gasteiger charge is -2.45. The molecule has 3 fully saturated rings. The van der Waals surface area contributed by atoms with E-state index < -0.39 is 0 Å². The van der Waals surface area contributed by atoms with Crippen LogP contribution < -0.4 is 0 Å². The molecule has 0 bridgehead atoms. The number of likely N-dealkylation sites (tertiary alicyclic amines) is 1. The normalized spacial score (nSPS) is 27.3. The van der Waals surface area contributed by atoms with Gasteiger partial charge in [0.05, 0.1) is 18.0 Å². The third kappa shape index (κ3) is 3.45. The van der Waals surface area contributed by atoms with Crippen molar-refractivity contribution in [1.29, 1.82) is 0 Å². The Morgan fingerprint density at radius 2 is 2.13 bits per heavy atom.